The standard InChI is InChI=1S/C16H15ClO2S/c1-11(20-15-9-5-13(17)6-10-15)16(18)12-3-7-14(19-2)8-4-12/h3-11H,1-2H3. The maximum Gasteiger partial charge on any atom is 0.175 e. The van der Waals surface area contributed by atoms with Gasteiger partial charge >= 0.3 is 0 Å². The van der Waals surface area contributed by atoms with Crippen LogP contribution in [-0.2, 0) is 0 Å². The number of benzene rings is 2. The molecule has 0 spiro atoms. The molecule has 2 aromatic rings. The topological polar surface area (TPSA) is 26.3 Å². The lowest BCUT2D eigenvalue weighted by Gasteiger charge is -2.11. The van der Waals surface area contributed by atoms with Crippen molar-refractivity contribution >= 4 is 29.1 Å². The molecule has 4 heteroatoms. The summed E-state index contributed by atoms with van der Waals surface area (Å²) in [5, 5.41) is 0.549. The highest BCUT2D eigenvalue weighted by atomic mass is 35.5. The predicted octanol–water partition coefficient (Wildman–Crippen LogP) is 4.71. The smallest absolute Gasteiger partial charge is 0.175 e. The molecule has 0 saturated heterocycles. The number of carbonyl (C=O) groups is 1. The van der Waals surface area contributed by atoms with E-state index in [2.05, 4.69) is 0 Å². The first-order chi connectivity index (χ1) is 9.60. The van der Waals surface area contributed by atoms with E-state index in [0.29, 0.717) is 10.6 Å². The molecule has 2 rings (SSSR count). The van der Waals surface area contributed by atoms with Crippen molar-refractivity contribution < 1.29 is 9.53 Å². The molecule has 1 atom stereocenters. The van der Waals surface area contributed by atoms with Gasteiger partial charge in [0.2, 0.25) is 0 Å². The van der Waals surface area contributed by atoms with Gasteiger partial charge in [0.05, 0.1) is 12.4 Å². The van der Waals surface area contributed by atoms with Crippen molar-refractivity contribution in [2.45, 2.75) is 17.1 Å². The van der Waals surface area contributed by atoms with E-state index in [0.717, 1.165) is 10.6 Å². The van der Waals surface area contributed by atoms with Gasteiger partial charge in [-0.1, -0.05) is 11.6 Å². The Kier molecular flexibility index (Phi) is 5.10. The molecule has 104 valence electrons. The lowest BCUT2D eigenvalue weighted by molar-refractivity contribution is 0.0994. The fourth-order valence-electron chi connectivity index (χ4n) is 1.76. The molecular weight excluding hydrogens is 292 g/mol. The van der Waals surface area contributed by atoms with Gasteiger partial charge in [-0.25, -0.2) is 0 Å². The van der Waals surface area contributed by atoms with Crippen molar-refractivity contribution in [3.63, 3.8) is 0 Å². The number of carbonyl (C=O) groups excluding carboxylic acids is 1. The summed E-state index contributed by atoms with van der Waals surface area (Å²) in [7, 11) is 1.61. The second-order valence-electron chi connectivity index (χ2n) is 4.31. The van der Waals surface area contributed by atoms with Crippen LogP contribution >= 0.6 is 23.4 Å². The molecule has 0 saturated carbocycles. The first kappa shape index (κ1) is 14.9. The van der Waals surface area contributed by atoms with Crippen LogP contribution in [0.4, 0.5) is 0 Å². The van der Waals surface area contributed by atoms with E-state index in [1.807, 2.05) is 31.2 Å². The van der Waals surface area contributed by atoms with E-state index in [1.165, 1.54) is 11.8 Å². The molecule has 0 aromatic heterocycles. The van der Waals surface area contributed by atoms with E-state index in [9.17, 15) is 4.79 Å². The largest absolute Gasteiger partial charge is 0.497 e. The molecule has 20 heavy (non-hydrogen) atoms. The van der Waals surface area contributed by atoms with Gasteiger partial charge in [-0.05, 0) is 55.5 Å². The Morgan fingerprint density at radius 3 is 2.25 bits per heavy atom. The minimum Gasteiger partial charge on any atom is -0.497 e. The van der Waals surface area contributed by atoms with Crippen molar-refractivity contribution in [3.05, 3.63) is 59.1 Å². The van der Waals surface area contributed by atoms with Crippen LogP contribution in [0.15, 0.2) is 53.4 Å². The number of Topliss-reactive ketones (excluding diaryl/α,β-unsaturated/α-hetero) is 1. The number of rotatable bonds is 5. The van der Waals surface area contributed by atoms with Gasteiger partial charge in [0.25, 0.3) is 0 Å². The third-order valence-corrected chi connectivity index (χ3v) is 4.23. The van der Waals surface area contributed by atoms with Gasteiger partial charge in [0, 0.05) is 15.5 Å². The number of thioether (sulfide) groups is 1. The minimum atomic E-state index is -0.149. The van der Waals surface area contributed by atoms with Gasteiger partial charge in [0.1, 0.15) is 5.75 Å². The van der Waals surface area contributed by atoms with Crippen LogP contribution in [0.1, 0.15) is 17.3 Å². The Balaban J connectivity index is 2.05. The zero-order valence-corrected chi connectivity index (χ0v) is 12.9. The second-order valence-corrected chi connectivity index (χ2v) is 6.16. The molecule has 2 nitrogen and oxygen atoms in total. The first-order valence-corrected chi connectivity index (χ1v) is 7.46. The van der Waals surface area contributed by atoms with Crippen molar-refractivity contribution in [2.24, 2.45) is 0 Å². The minimum absolute atomic E-state index is 0.104. The summed E-state index contributed by atoms with van der Waals surface area (Å²) in [6.45, 7) is 1.91. The monoisotopic (exact) mass is 306 g/mol. The van der Waals surface area contributed by atoms with E-state index < -0.39 is 0 Å². The van der Waals surface area contributed by atoms with E-state index in [1.54, 1.807) is 31.4 Å². The average molecular weight is 307 g/mol. The fraction of sp³-hybridized carbons (Fsp3) is 0.188. The van der Waals surface area contributed by atoms with Crippen molar-refractivity contribution in [2.75, 3.05) is 7.11 Å². The number of halogens is 1. The number of ether oxygens (including phenoxy) is 1. The number of hydrogen-bond donors (Lipinski definition) is 0. The zero-order chi connectivity index (χ0) is 14.5. The first-order valence-electron chi connectivity index (χ1n) is 6.20. The van der Waals surface area contributed by atoms with Gasteiger partial charge < -0.3 is 4.74 Å². The van der Waals surface area contributed by atoms with Crippen LogP contribution in [0.25, 0.3) is 0 Å². The van der Waals surface area contributed by atoms with Crippen LogP contribution < -0.4 is 4.74 Å². The fourth-order valence-corrected chi connectivity index (χ4v) is 2.83. The lowest BCUT2D eigenvalue weighted by atomic mass is 10.1. The summed E-state index contributed by atoms with van der Waals surface area (Å²) in [5.41, 5.74) is 0.694. The molecule has 0 heterocycles. The summed E-state index contributed by atoms with van der Waals surface area (Å²) in [6.07, 6.45) is 0. The SMILES string of the molecule is COc1ccc(C(=O)C(C)Sc2ccc(Cl)cc2)cc1. The molecule has 0 aliphatic rings. The van der Waals surface area contributed by atoms with Crippen LogP contribution in [0.5, 0.6) is 5.75 Å². The van der Waals surface area contributed by atoms with Crippen LogP contribution in [0.2, 0.25) is 5.02 Å². The summed E-state index contributed by atoms with van der Waals surface area (Å²) in [6, 6.07) is 14.7. The van der Waals surface area contributed by atoms with Crippen molar-refractivity contribution in [3.8, 4) is 5.75 Å². The molecule has 0 aliphatic heterocycles. The highest BCUT2D eigenvalue weighted by Crippen LogP contribution is 2.27. The van der Waals surface area contributed by atoms with Crippen LogP contribution in [0.3, 0.4) is 0 Å². The Morgan fingerprint density at radius 1 is 1.10 bits per heavy atom. The molecular formula is C16H15ClO2S. The van der Waals surface area contributed by atoms with Gasteiger partial charge in [-0.3, -0.25) is 4.79 Å². The Hall–Kier alpha value is -1.45. The van der Waals surface area contributed by atoms with Crippen LogP contribution in [-0.4, -0.2) is 18.1 Å². The van der Waals surface area contributed by atoms with Gasteiger partial charge in [-0.15, -0.1) is 11.8 Å². The molecule has 0 N–H and O–H groups in total. The van der Waals surface area contributed by atoms with Crippen molar-refractivity contribution in [1.82, 2.24) is 0 Å². The molecule has 0 radical (unpaired) electrons. The van der Waals surface area contributed by atoms with Gasteiger partial charge in [-0.2, -0.15) is 0 Å². The third-order valence-electron chi connectivity index (χ3n) is 2.87. The lowest BCUT2D eigenvalue weighted by Crippen LogP contribution is -2.13. The van der Waals surface area contributed by atoms with E-state index in [-0.39, 0.29) is 11.0 Å². The summed E-state index contributed by atoms with van der Waals surface area (Å²) < 4.78 is 5.09. The summed E-state index contributed by atoms with van der Waals surface area (Å²) >= 11 is 7.37. The molecule has 0 amide bonds. The molecule has 0 aliphatic carbocycles. The van der Waals surface area contributed by atoms with Crippen LogP contribution in [0, 0.1) is 0 Å². The number of ketones is 1. The molecule has 1 unspecified atom stereocenters. The average Bonchev–Trinajstić information content (AvgIpc) is 2.49. The normalized spacial score (nSPS) is 11.9. The summed E-state index contributed by atoms with van der Waals surface area (Å²) in [5.74, 6) is 0.854. The Labute approximate surface area is 128 Å². The van der Waals surface area contributed by atoms with E-state index >= 15 is 0 Å². The van der Waals surface area contributed by atoms with E-state index in [4.69, 9.17) is 16.3 Å². The number of hydrogen-bond acceptors (Lipinski definition) is 3. The maximum absolute atomic E-state index is 12.3. The predicted molar refractivity (Wildman–Crippen MR) is 84.1 cm³/mol. The maximum atomic E-state index is 12.3. The third kappa shape index (κ3) is 3.78. The van der Waals surface area contributed by atoms with Crippen molar-refractivity contribution in [1.29, 1.82) is 0 Å². The molecule has 2 aromatic carbocycles. The second kappa shape index (κ2) is 6.82. The Bertz CT molecular complexity index is 578. The number of methoxy groups -OCH3 is 1. The summed E-state index contributed by atoms with van der Waals surface area (Å²) in [4.78, 5) is 13.4. The highest BCUT2D eigenvalue weighted by Gasteiger charge is 2.16. The van der Waals surface area contributed by atoms with Gasteiger partial charge in [0.15, 0.2) is 5.78 Å². The Morgan fingerprint density at radius 2 is 1.70 bits per heavy atom. The quantitative estimate of drug-likeness (QED) is 0.591. The highest BCUT2D eigenvalue weighted by molar-refractivity contribution is 8.00. The molecule has 0 bridgehead atoms. The molecule has 0 fully saturated rings. The zero-order valence-electron chi connectivity index (χ0n) is 11.3.